The van der Waals surface area contributed by atoms with Crippen LogP contribution in [0.25, 0.3) is 0 Å². The van der Waals surface area contributed by atoms with Crippen molar-refractivity contribution in [3.05, 3.63) is 29.0 Å². The molecule has 2 aliphatic heterocycles. The van der Waals surface area contributed by atoms with E-state index in [1.54, 1.807) is 0 Å². The summed E-state index contributed by atoms with van der Waals surface area (Å²) < 4.78 is 46.9. The Balaban J connectivity index is 1.56. The molecule has 8 nitrogen and oxygen atoms in total. The van der Waals surface area contributed by atoms with Crippen LogP contribution in [-0.4, -0.2) is 80.4 Å². The highest BCUT2D eigenvalue weighted by Crippen LogP contribution is 2.20. The minimum absolute atomic E-state index is 0.0303. The molecule has 1 N–H and O–H groups in total. The smallest absolute Gasteiger partial charge is 0.322 e. The van der Waals surface area contributed by atoms with Gasteiger partial charge in [-0.15, -0.1) is 0 Å². The lowest BCUT2D eigenvalue weighted by Gasteiger charge is -2.37. The summed E-state index contributed by atoms with van der Waals surface area (Å²) in [4.78, 5) is 13.7. The molecular weight excluding hydrogens is 387 g/mol. The summed E-state index contributed by atoms with van der Waals surface area (Å²) >= 11 is 5.69. The van der Waals surface area contributed by atoms with Crippen molar-refractivity contribution in [1.82, 2.24) is 13.5 Å². The third-order valence-corrected chi connectivity index (χ3v) is 6.59. The number of rotatable bonds is 3. The van der Waals surface area contributed by atoms with E-state index in [1.165, 1.54) is 25.6 Å². The SMILES string of the molecule is O=C(Nc1ccc(Cl)cc1F)N1CCN(S(=O)(=O)N2CCOCC2)CC1. The molecule has 11 heteroatoms. The molecule has 1 aromatic rings. The summed E-state index contributed by atoms with van der Waals surface area (Å²) in [6, 6.07) is 3.50. The van der Waals surface area contributed by atoms with E-state index in [-0.39, 0.29) is 36.9 Å². The highest BCUT2D eigenvalue weighted by Gasteiger charge is 2.34. The maximum atomic E-state index is 13.8. The van der Waals surface area contributed by atoms with Crippen molar-refractivity contribution in [2.75, 3.05) is 57.8 Å². The largest absolute Gasteiger partial charge is 0.379 e. The number of hydrogen-bond donors (Lipinski definition) is 1. The number of ether oxygens (including phenoxy) is 1. The average Bonchev–Trinajstić information content (AvgIpc) is 2.65. The number of nitrogens with zero attached hydrogens (tertiary/aromatic N) is 3. The Morgan fingerprint density at radius 1 is 1.08 bits per heavy atom. The number of piperazine rings is 1. The molecule has 2 heterocycles. The summed E-state index contributed by atoms with van der Waals surface area (Å²) in [6.45, 7) is 2.27. The Morgan fingerprint density at radius 3 is 2.31 bits per heavy atom. The van der Waals surface area contributed by atoms with Gasteiger partial charge in [0.15, 0.2) is 0 Å². The third kappa shape index (κ3) is 4.26. The Morgan fingerprint density at radius 2 is 1.69 bits per heavy atom. The molecule has 2 saturated heterocycles. The second-order valence-corrected chi connectivity index (χ2v) is 8.32. The van der Waals surface area contributed by atoms with Crippen LogP contribution in [0.1, 0.15) is 0 Å². The van der Waals surface area contributed by atoms with E-state index >= 15 is 0 Å². The van der Waals surface area contributed by atoms with E-state index in [9.17, 15) is 17.6 Å². The fraction of sp³-hybridized carbons (Fsp3) is 0.533. The number of anilines is 1. The summed E-state index contributed by atoms with van der Waals surface area (Å²) in [6.07, 6.45) is 0. The zero-order valence-corrected chi connectivity index (χ0v) is 15.6. The van der Waals surface area contributed by atoms with E-state index in [4.69, 9.17) is 16.3 Å². The molecule has 0 unspecified atom stereocenters. The molecule has 2 fully saturated rings. The first-order valence-electron chi connectivity index (χ1n) is 8.22. The van der Waals surface area contributed by atoms with Gasteiger partial charge in [-0.25, -0.2) is 9.18 Å². The monoisotopic (exact) mass is 406 g/mol. The van der Waals surface area contributed by atoms with Crippen molar-refractivity contribution < 1.29 is 22.3 Å². The van der Waals surface area contributed by atoms with Crippen LogP contribution in [-0.2, 0) is 14.9 Å². The van der Waals surface area contributed by atoms with Crippen LogP contribution in [0.4, 0.5) is 14.9 Å². The number of carbonyl (C=O) groups excluding carboxylic acids is 1. The van der Waals surface area contributed by atoms with Gasteiger partial charge in [0.05, 0.1) is 18.9 Å². The van der Waals surface area contributed by atoms with E-state index in [2.05, 4.69) is 5.32 Å². The molecule has 3 rings (SSSR count). The fourth-order valence-corrected chi connectivity index (χ4v) is 4.57. The molecule has 144 valence electrons. The van der Waals surface area contributed by atoms with Crippen LogP contribution in [0.5, 0.6) is 0 Å². The Kier molecular flexibility index (Phi) is 5.98. The molecule has 0 aliphatic carbocycles. The van der Waals surface area contributed by atoms with Crippen LogP contribution < -0.4 is 5.32 Å². The number of urea groups is 1. The number of carbonyl (C=O) groups is 1. The number of morpholine rings is 1. The number of amides is 2. The summed E-state index contributed by atoms with van der Waals surface area (Å²) in [5, 5.41) is 2.72. The van der Waals surface area contributed by atoms with Gasteiger partial charge in [-0.2, -0.15) is 17.0 Å². The average molecular weight is 407 g/mol. The number of halogens is 2. The lowest BCUT2D eigenvalue weighted by atomic mass is 10.3. The molecule has 0 bridgehead atoms. The van der Waals surface area contributed by atoms with Crippen LogP contribution in [0.15, 0.2) is 18.2 Å². The maximum absolute atomic E-state index is 13.8. The number of benzene rings is 1. The van der Waals surface area contributed by atoms with Crippen LogP contribution in [0, 0.1) is 5.82 Å². The van der Waals surface area contributed by atoms with Gasteiger partial charge in [0.2, 0.25) is 0 Å². The molecule has 0 atom stereocenters. The third-order valence-electron chi connectivity index (χ3n) is 4.32. The van der Waals surface area contributed by atoms with Gasteiger partial charge in [-0.3, -0.25) is 0 Å². The van der Waals surface area contributed by atoms with Crippen molar-refractivity contribution in [2.24, 2.45) is 0 Å². The van der Waals surface area contributed by atoms with Gasteiger partial charge in [0, 0.05) is 44.3 Å². The van der Waals surface area contributed by atoms with E-state index < -0.39 is 22.1 Å². The molecule has 0 radical (unpaired) electrons. The van der Waals surface area contributed by atoms with Crippen LogP contribution in [0.2, 0.25) is 5.02 Å². The van der Waals surface area contributed by atoms with Gasteiger partial charge in [-0.05, 0) is 18.2 Å². The summed E-state index contributed by atoms with van der Waals surface area (Å²) in [5.41, 5.74) is 0.0303. The van der Waals surface area contributed by atoms with Crippen molar-refractivity contribution in [1.29, 1.82) is 0 Å². The molecule has 2 aliphatic rings. The molecule has 0 saturated carbocycles. The topological polar surface area (TPSA) is 82.2 Å². The van der Waals surface area contributed by atoms with Crippen molar-refractivity contribution in [3.8, 4) is 0 Å². The van der Waals surface area contributed by atoms with Gasteiger partial charge < -0.3 is 15.0 Å². The standard InChI is InChI=1S/C15H20ClFN4O4S/c16-12-1-2-14(13(17)11-12)18-15(22)19-3-5-20(6-4-19)26(23,24)21-7-9-25-10-8-21/h1-2,11H,3-10H2,(H,18,22). The number of hydrogen-bond acceptors (Lipinski definition) is 4. The molecule has 0 aromatic heterocycles. The highest BCUT2D eigenvalue weighted by molar-refractivity contribution is 7.86. The highest BCUT2D eigenvalue weighted by atomic mass is 35.5. The van der Waals surface area contributed by atoms with Crippen molar-refractivity contribution in [2.45, 2.75) is 0 Å². The summed E-state index contributed by atoms with van der Waals surface area (Å²) in [5.74, 6) is -0.626. The maximum Gasteiger partial charge on any atom is 0.322 e. The zero-order valence-electron chi connectivity index (χ0n) is 14.0. The fourth-order valence-electron chi connectivity index (χ4n) is 2.85. The van der Waals surface area contributed by atoms with Crippen molar-refractivity contribution >= 4 is 33.5 Å². The van der Waals surface area contributed by atoms with Gasteiger partial charge in [-0.1, -0.05) is 11.6 Å². The van der Waals surface area contributed by atoms with Gasteiger partial charge in [0.1, 0.15) is 5.82 Å². The Bertz CT molecular complexity index is 765. The molecule has 1 aromatic carbocycles. The predicted molar refractivity (Wildman–Crippen MR) is 94.9 cm³/mol. The second-order valence-electron chi connectivity index (χ2n) is 5.96. The molecular formula is C15H20ClFN4O4S. The van der Waals surface area contributed by atoms with Crippen LogP contribution in [0.3, 0.4) is 0 Å². The van der Waals surface area contributed by atoms with E-state index in [0.717, 1.165) is 6.07 Å². The number of nitrogens with one attached hydrogen (secondary N) is 1. The minimum Gasteiger partial charge on any atom is -0.379 e. The van der Waals surface area contributed by atoms with Gasteiger partial charge >= 0.3 is 6.03 Å². The van der Waals surface area contributed by atoms with Crippen molar-refractivity contribution in [3.63, 3.8) is 0 Å². The van der Waals surface area contributed by atoms with Gasteiger partial charge in [0.25, 0.3) is 10.2 Å². The predicted octanol–water partition coefficient (Wildman–Crippen LogP) is 1.21. The first-order chi connectivity index (χ1) is 12.4. The lowest BCUT2D eigenvalue weighted by molar-refractivity contribution is 0.0691. The molecule has 0 spiro atoms. The quantitative estimate of drug-likeness (QED) is 0.817. The zero-order chi connectivity index (χ0) is 18.7. The molecule has 2 amide bonds. The van der Waals surface area contributed by atoms with Crippen LogP contribution >= 0.6 is 11.6 Å². The lowest BCUT2D eigenvalue weighted by Crippen LogP contribution is -2.56. The first-order valence-corrected chi connectivity index (χ1v) is 9.99. The minimum atomic E-state index is -3.55. The second kappa shape index (κ2) is 8.05. The summed E-state index contributed by atoms with van der Waals surface area (Å²) in [7, 11) is -3.55. The Hall–Kier alpha value is -1.46. The first kappa shape index (κ1) is 19.3. The normalized spacial score (nSPS) is 20.2. The molecule has 26 heavy (non-hydrogen) atoms. The van der Waals surface area contributed by atoms with E-state index in [0.29, 0.717) is 26.3 Å². The van der Waals surface area contributed by atoms with E-state index in [1.807, 2.05) is 0 Å². The Labute approximate surface area is 156 Å².